The largest absolute Gasteiger partial charge is 0.508 e. The van der Waals surface area contributed by atoms with Crippen LogP contribution in [-0.2, 0) is 13.2 Å². The Labute approximate surface area is 472 Å². The summed E-state index contributed by atoms with van der Waals surface area (Å²) in [6.45, 7) is 28.7. The van der Waals surface area contributed by atoms with Crippen LogP contribution in [0.25, 0.3) is 0 Å². The summed E-state index contributed by atoms with van der Waals surface area (Å²) < 4.78 is 12.0. The number of hydrogen-bond acceptors (Lipinski definition) is 6. The standard InChI is InChI=1S/C23H24O2.C10H14.2C9H11Cl.2C9H12O2/c1-18(2)22-14-13-21(24-16-19-9-5-3-6-10-19)15-23(22)25-17-20-11-7-4-8-12-20;1-8(2)10-6-4-9(3)5-7-10;1-7(2)8-3-5-9(10)6-4-8;1-7(2)8-4-3-5-9(10)6-8;1-6(2)8-4-3-7(10)5-9(8)11;1-6(2)7-3-4-8(10)9(11)5-7/h3-15,18H,16-17H2,1-2H3;4-8H,1-3H3;2*3-7H,1-2H3;2*3-6,10-11H,1-2H3. The van der Waals surface area contributed by atoms with Gasteiger partial charge in [-0.2, -0.15) is 0 Å². The molecule has 6 nitrogen and oxygen atoms in total. The van der Waals surface area contributed by atoms with Crippen molar-refractivity contribution >= 4 is 23.2 Å². The predicted molar refractivity (Wildman–Crippen MR) is 326 cm³/mol. The highest BCUT2D eigenvalue weighted by Crippen LogP contribution is 2.32. The van der Waals surface area contributed by atoms with Crippen LogP contribution in [0.15, 0.2) is 188 Å². The van der Waals surface area contributed by atoms with E-state index in [1.807, 2.05) is 107 Å². The van der Waals surface area contributed by atoms with Gasteiger partial charge >= 0.3 is 0 Å². The van der Waals surface area contributed by atoms with Crippen LogP contribution in [0.4, 0.5) is 0 Å². The molecule has 8 heteroatoms. The highest BCUT2D eigenvalue weighted by Gasteiger charge is 2.11. The van der Waals surface area contributed by atoms with Crippen molar-refractivity contribution in [3.8, 4) is 34.5 Å². The van der Waals surface area contributed by atoms with E-state index >= 15 is 0 Å². The fraction of sp³-hybridized carbons (Fsp3) is 0.304. The van der Waals surface area contributed by atoms with Gasteiger partial charge in [0.25, 0.3) is 0 Å². The van der Waals surface area contributed by atoms with Crippen LogP contribution in [-0.4, -0.2) is 20.4 Å². The molecule has 4 N–H and O–H groups in total. The molecular formula is C69H84Cl2O6. The maximum atomic E-state index is 9.30. The SMILES string of the molecule is CC(C)c1ccc(Cl)cc1.CC(C)c1ccc(O)c(O)c1.CC(C)c1ccc(O)cc1O.CC(C)c1ccc(OCc2ccccc2)cc1OCc1ccccc1.CC(C)c1cccc(Cl)c1.Cc1ccc(C(C)C)cc1. The minimum Gasteiger partial charge on any atom is -0.508 e. The molecule has 0 bridgehead atoms. The van der Waals surface area contributed by atoms with Gasteiger partial charge in [-0.05, 0) is 135 Å². The average molecular weight is 1080 g/mol. The molecule has 0 radical (unpaired) electrons. The number of hydrogen-bond donors (Lipinski definition) is 4. The average Bonchev–Trinajstić information content (AvgIpc) is 3.40. The van der Waals surface area contributed by atoms with E-state index < -0.39 is 0 Å². The summed E-state index contributed by atoms with van der Waals surface area (Å²) in [5.41, 5.74) is 10.8. The predicted octanol–water partition coefficient (Wildman–Crippen LogP) is 20.5. The zero-order valence-electron chi connectivity index (χ0n) is 47.6. The summed E-state index contributed by atoms with van der Waals surface area (Å²) in [6, 6.07) is 60.8. The molecule has 0 unspecified atom stereocenters. The maximum Gasteiger partial charge on any atom is 0.157 e. The van der Waals surface area contributed by atoms with Gasteiger partial charge in [-0.15, -0.1) is 0 Å². The molecule has 410 valence electrons. The lowest BCUT2D eigenvalue weighted by Gasteiger charge is -2.16. The molecule has 0 aliphatic carbocycles. The second-order valence-corrected chi connectivity index (χ2v) is 21.6. The van der Waals surface area contributed by atoms with E-state index in [0.717, 1.165) is 43.8 Å². The zero-order chi connectivity index (χ0) is 57.0. The third-order valence-electron chi connectivity index (χ3n) is 12.2. The number of halogens is 2. The highest BCUT2D eigenvalue weighted by molar-refractivity contribution is 6.30. The number of benzene rings is 8. The Hall–Kier alpha value is -6.86. The van der Waals surface area contributed by atoms with Crippen molar-refractivity contribution in [1.82, 2.24) is 0 Å². The second kappa shape index (κ2) is 34.0. The highest BCUT2D eigenvalue weighted by atomic mass is 35.5. The van der Waals surface area contributed by atoms with E-state index in [9.17, 15) is 5.11 Å². The maximum absolute atomic E-state index is 9.30. The summed E-state index contributed by atoms with van der Waals surface area (Å²) in [5, 5.41) is 38.0. The van der Waals surface area contributed by atoms with Crippen molar-refractivity contribution in [2.75, 3.05) is 0 Å². The van der Waals surface area contributed by atoms with Gasteiger partial charge in [-0.25, -0.2) is 0 Å². The number of rotatable bonds is 12. The van der Waals surface area contributed by atoms with E-state index in [4.69, 9.17) is 48.0 Å². The van der Waals surface area contributed by atoms with Crippen LogP contribution in [0, 0.1) is 6.92 Å². The summed E-state index contributed by atoms with van der Waals surface area (Å²) in [7, 11) is 0. The summed E-state index contributed by atoms with van der Waals surface area (Å²) >= 11 is 11.5. The normalized spacial score (nSPS) is 10.5. The fourth-order valence-corrected chi connectivity index (χ4v) is 7.59. The Balaban J connectivity index is 0.000000257. The van der Waals surface area contributed by atoms with Crippen molar-refractivity contribution in [3.63, 3.8) is 0 Å². The van der Waals surface area contributed by atoms with Crippen LogP contribution in [0.3, 0.4) is 0 Å². The van der Waals surface area contributed by atoms with Crippen molar-refractivity contribution in [3.05, 3.63) is 248 Å². The van der Waals surface area contributed by atoms with Gasteiger partial charge in [0, 0.05) is 22.2 Å². The van der Waals surface area contributed by atoms with Gasteiger partial charge < -0.3 is 29.9 Å². The monoisotopic (exact) mass is 1080 g/mol. The molecule has 0 spiro atoms. The van der Waals surface area contributed by atoms with Gasteiger partial charge in [-0.1, -0.05) is 239 Å². The molecule has 8 aromatic rings. The zero-order valence-corrected chi connectivity index (χ0v) is 49.1. The lowest BCUT2D eigenvalue weighted by molar-refractivity contribution is 0.287. The number of phenols is 4. The second-order valence-electron chi connectivity index (χ2n) is 20.7. The molecule has 77 heavy (non-hydrogen) atoms. The number of ether oxygens (including phenoxy) is 2. The van der Waals surface area contributed by atoms with Crippen molar-refractivity contribution in [1.29, 1.82) is 0 Å². The van der Waals surface area contributed by atoms with E-state index in [-0.39, 0.29) is 28.9 Å². The Morgan fingerprint density at radius 1 is 0.351 bits per heavy atom. The molecule has 0 saturated carbocycles. The van der Waals surface area contributed by atoms with Gasteiger partial charge in [0.1, 0.15) is 36.2 Å². The number of phenolic OH excluding ortho intramolecular Hbond substituents is 4. The molecule has 0 saturated heterocycles. The third-order valence-corrected chi connectivity index (χ3v) is 12.7. The Bertz CT molecular complexity index is 2830. The lowest BCUT2D eigenvalue weighted by Crippen LogP contribution is -2.01. The molecule has 0 amide bonds. The van der Waals surface area contributed by atoms with E-state index in [1.54, 1.807) is 24.3 Å². The van der Waals surface area contributed by atoms with Crippen LogP contribution >= 0.6 is 23.2 Å². The molecule has 8 aromatic carbocycles. The lowest BCUT2D eigenvalue weighted by atomic mass is 10.0. The molecule has 0 aromatic heterocycles. The Morgan fingerprint density at radius 3 is 1.27 bits per heavy atom. The topological polar surface area (TPSA) is 99.4 Å². The minimum absolute atomic E-state index is 0.0452. The summed E-state index contributed by atoms with van der Waals surface area (Å²) in [6.07, 6.45) is 0. The first-order valence-electron chi connectivity index (χ1n) is 26.6. The first-order valence-corrected chi connectivity index (χ1v) is 27.4. The van der Waals surface area contributed by atoms with Crippen molar-refractivity contribution in [2.45, 2.75) is 139 Å². The molecule has 0 fully saturated rings. The number of aryl methyl sites for hydroxylation is 1. The minimum atomic E-state index is -0.0607. The van der Waals surface area contributed by atoms with E-state index in [0.29, 0.717) is 42.8 Å². The van der Waals surface area contributed by atoms with Crippen molar-refractivity contribution < 1.29 is 29.9 Å². The first kappa shape index (κ1) is 64.4. The molecule has 0 atom stereocenters. The van der Waals surface area contributed by atoms with Gasteiger partial charge in [-0.3, -0.25) is 0 Å². The Kier molecular flexibility index (Phi) is 28.5. The van der Waals surface area contributed by atoms with Gasteiger partial charge in [0.05, 0.1) is 0 Å². The molecule has 0 heterocycles. The van der Waals surface area contributed by atoms with Crippen LogP contribution in [0.2, 0.25) is 10.0 Å². The molecular weight excluding hydrogens is 996 g/mol. The fourth-order valence-electron chi connectivity index (χ4n) is 7.27. The quantitative estimate of drug-likeness (QED) is 0.0910. The van der Waals surface area contributed by atoms with Crippen LogP contribution < -0.4 is 9.47 Å². The van der Waals surface area contributed by atoms with Crippen LogP contribution in [0.1, 0.15) is 169 Å². The smallest absolute Gasteiger partial charge is 0.157 e. The van der Waals surface area contributed by atoms with Crippen molar-refractivity contribution in [2.24, 2.45) is 0 Å². The van der Waals surface area contributed by atoms with E-state index in [2.05, 4.69) is 135 Å². The number of aromatic hydroxyl groups is 4. The summed E-state index contributed by atoms with van der Waals surface area (Å²) in [5.74, 6) is 4.76. The Morgan fingerprint density at radius 2 is 0.818 bits per heavy atom. The van der Waals surface area contributed by atoms with Gasteiger partial charge in [0.15, 0.2) is 11.5 Å². The van der Waals surface area contributed by atoms with E-state index in [1.165, 1.54) is 39.9 Å². The van der Waals surface area contributed by atoms with Crippen LogP contribution in [0.5, 0.6) is 34.5 Å². The third kappa shape index (κ3) is 24.8. The van der Waals surface area contributed by atoms with Gasteiger partial charge in [0.2, 0.25) is 0 Å². The molecule has 0 aliphatic heterocycles. The molecule has 8 rings (SSSR count). The first-order chi connectivity index (χ1) is 36.5. The summed E-state index contributed by atoms with van der Waals surface area (Å²) in [4.78, 5) is 0. The molecule has 0 aliphatic rings.